The molecule has 2 aromatic rings. The van der Waals surface area contributed by atoms with Crippen molar-refractivity contribution in [3.05, 3.63) is 69.7 Å². The van der Waals surface area contributed by atoms with Crippen molar-refractivity contribution in [2.45, 2.75) is 19.5 Å². The number of hydrogen-bond donors (Lipinski definition) is 1. The van der Waals surface area contributed by atoms with Crippen molar-refractivity contribution in [1.29, 1.82) is 0 Å². The molecule has 0 amide bonds. The number of benzene rings is 2. The van der Waals surface area contributed by atoms with Crippen molar-refractivity contribution < 1.29 is 0 Å². The van der Waals surface area contributed by atoms with Crippen molar-refractivity contribution in [3.63, 3.8) is 0 Å². The second-order valence-corrected chi connectivity index (χ2v) is 5.95. The molecule has 3 heteroatoms. The van der Waals surface area contributed by atoms with E-state index >= 15 is 0 Å². The predicted octanol–water partition coefficient (Wildman–Crippen LogP) is 3.58. The molecule has 2 nitrogen and oxygen atoms in total. The molecule has 0 radical (unpaired) electrons. The lowest BCUT2D eigenvalue weighted by atomic mass is 10.1. The van der Waals surface area contributed by atoms with E-state index in [-0.39, 0.29) is 0 Å². The lowest BCUT2D eigenvalue weighted by molar-refractivity contribution is 0.331. The van der Waals surface area contributed by atoms with Crippen LogP contribution in [-0.2, 0) is 19.5 Å². The Labute approximate surface area is 129 Å². The van der Waals surface area contributed by atoms with Gasteiger partial charge in [-0.1, -0.05) is 58.4 Å². The van der Waals surface area contributed by atoms with Gasteiger partial charge in [0.05, 0.1) is 0 Å². The molecule has 0 aromatic heterocycles. The van der Waals surface area contributed by atoms with Crippen LogP contribution in [0.2, 0.25) is 0 Å². The predicted molar refractivity (Wildman–Crippen MR) is 88.5 cm³/mol. The zero-order valence-corrected chi connectivity index (χ0v) is 13.4. The van der Waals surface area contributed by atoms with E-state index in [0.29, 0.717) is 6.54 Å². The molecule has 20 heavy (non-hydrogen) atoms. The molecule has 0 aliphatic rings. The van der Waals surface area contributed by atoms with E-state index in [1.807, 2.05) is 0 Å². The molecule has 0 aliphatic carbocycles. The highest BCUT2D eigenvalue weighted by molar-refractivity contribution is 9.10. The minimum atomic E-state index is 0.609. The molecular formula is C17H21BrN2. The quantitative estimate of drug-likeness (QED) is 0.875. The van der Waals surface area contributed by atoms with E-state index in [2.05, 4.69) is 76.4 Å². The topological polar surface area (TPSA) is 29.3 Å². The fourth-order valence-corrected chi connectivity index (χ4v) is 2.67. The third-order valence-corrected chi connectivity index (χ3v) is 4.21. The molecule has 0 saturated heterocycles. The Morgan fingerprint density at radius 2 is 1.65 bits per heavy atom. The molecular weight excluding hydrogens is 312 g/mol. The number of hydrogen-bond acceptors (Lipinski definition) is 2. The van der Waals surface area contributed by atoms with Crippen LogP contribution in [0.4, 0.5) is 0 Å². The van der Waals surface area contributed by atoms with Crippen LogP contribution in [0.3, 0.4) is 0 Å². The third-order valence-electron chi connectivity index (χ3n) is 3.43. The molecule has 0 unspecified atom stereocenters. The highest BCUT2D eigenvalue weighted by Crippen LogP contribution is 2.16. The van der Waals surface area contributed by atoms with Gasteiger partial charge in [-0.2, -0.15) is 0 Å². The third kappa shape index (κ3) is 4.44. The average Bonchev–Trinajstić information content (AvgIpc) is 2.47. The first-order chi connectivity index (χ1) is 9.69. The van der Waals surface area contributed by atoms with E-state index in [1.54, 1.807) is 0 Å². The van der Waals surface area contributed by atoms with Gasteiger partial charge in [0.2, 0.25) is 0 Å². The van der Waals surface area contributed by atoms with Crippen molar-refractivity contribution in [2.75, 3.05) is 13.6 Å². The zero-order chi connectivity index (χ0) is 14.4. The van der Waals surface area contributed by atoms with Crippen LogP contribution in [0, 0.1) is 0 Å². The normalized spacial score (nSPS) is 11.0. The van der Waals surface area contributed by atoms with E-state index in [1.165, 1.54) is 21.2 Å². The molecule has 106 valence electrons. The van der Waals surface area contributed by atoms with Crippen LogP contribution >= 0.6 is 15.9 Å². The van der Waals surface area contributed by atoms with Gasteiger partial charge >= 0.3 is 0 Å². The molecule has 2 N–H and O–H groups in total. The van der Waals surface area contributed by atoms with Gasteiger partial charge in [0, 0.05) is 24.1 Å². The van der Waals surface area contributed by atoms with Crippen LogP contribution in [0.15, 0.2) is 53.0 Å². The maximum absolute atomic E-state index is 5.61. The van der Waals surface area contributed by atoms with Crippen LogP contribution in [0.25, 0.3) is 0 Å². The largest absolute Gasteiger partial charge is 0.326 e. The zero-order valence-electron chi connectivity index (χ0n) is 11.8. The summed E-state index contributed by atoms with van der Waals surface area (Å²) < 4.78 is 1.20. The molecule has 2 rings (SSSR count). The molecule has 0 saturated carbocycles. The van der Waals surface area contributed by atoms with Crippen molar-refractivity contribution in [1.82, 2.24) is 4.90 Å². The van der Waals surface area contributed by atoms with E-state index in [4.69, 9.17) is 5.73 Å². The molecule has 0 bridgehead atoms. The summed E-state index contributed by atoms with van der Waals surface area (Å²) in [6.45, 7) is 2.62. The van der Waals surface area contributed by atoms with E-state index < -0.39 is 0 Å². The maximum Gasteiger partial charge on any atom is 0.0230 e. The monoisotopic (exact) mass is 332 g/mol. The van der Waals surface area contributed by atoms with Crippen LogP contribution in [0.5, 0.6) is 0 Å². The Balaban J connectivity index is 1.86. The van der Waals surface area contributed by atoms with Gasteiger partial charge in [-0.3, -0.25) is 0 Å². The molecule has 2 aromatic carbocycles. The fraction of sp³-hybridized carbons (Fsp3) is 0.294. The Bertz CT molecular complexity index is 537. The Hall–Kier alpha value is -1.16. The van der Waals surface area contributed by atoms with Gasteiger partial charge < -0.3 is 10.6 Å². The first-order valence-corrected chi connectivity index (χ1v) is 7.68. The van der Waals surface area contributed by atoms with Crippen molar-refractivity contribution in [2.24, 2.45) is 5.73 Å². The number of nitrogens with two attached hydrogens (primary N) is 1. The summed E-state index contributed by atoms with van der Waals surface area (Å²) >= 11 is 3.60. The summed E-state index contributed by atoms with van der Waals surface area (Å²) in [6, 6.07) is 17.0. The van der Waals surface area contributed by atoms with Crippen molar-refractivity contribution in [3.8, 4) is 0 Å². The number of halogens is 1. The summed E-state index contributed by atoms with van der Waals surface area (Å²) in [6.07, 6.45) is 1.05. The second-order valence-electron chi connectivity index (χ2n) is 5.10. The van der Waals surface area contributed by atoms with Crippen LogP contribution < -0.4 is 5.73 Å². The number of nitrogens with zero attached hydrogens (tertiary/aromatic N) is 1. The molecule has 0 heterocycles. The van der Waals surface area contributed by atoms with Crippen LogP contribution in [0.1, 0.15) is 16.7 Å². The highest BCUT2D eigenvalue weighted by atomic mass is 79.9. The summed E-state index contributed by atoms with van der Waals surface area (Å²) in [4.78, 5) is 2.34. The average molecular weight is 333 g/mol. The fourth-order valence-electron chi connectivity index (χ4n) is 2.18. The minimum absolute atomic E-state index is 0.609. The summed E-state index contributed by atoms with van der Waals surface area (Å²) in [5.74, 6) is 0. The van der Waals surface area contributed by atoms with Gasteiger partial charge in [-0.05, 0) is 36.2 Å². The Morgan fingerprint density at radius 3 is 2.30 bits per heavy atom. The molecule has 0 aliphatic heterocycles. The van der Waals surface area contributed by atoms with Gasteiger partial charge in [0.1, 0.15) is 0 Å². The van der Waals surface area contributed by atoms with Crippen LogP contribution in [-0.4, -0.2) is 18.5 Å². The molecule has 0 spiro atoms. The summed E-state index contributed by atoms with van der Waals surface area (Å²) in [5, 5.41) is 0. The standard InChI is InChI=1S/C17H21BrN2/c1-20(11-10-16-4-2-3-5-17(16)18)13-15-8-6-14(12-19)7-9-15/h2-9H,10-13,19H2,1H3. The molecule has 0 fully saturated rings. The first kappa shape index (κ1) is 15.2. The van der Waals surface area contributed by atoms with E-state index in [0.717, 1.165) is 19.5 Å². The summed E-state index contributed by atoms with van der Waals surface area (Å²) in [5.41, 5.74) is 9.49. The van der Waals surface area contributed by atoms with Gasteiger partial charge in [-0.25, -0.2) is 0 Å². The van der Waals surface area contributed by atoms with Gasteiger partial charge in [-0.15, -0.1) is 0 Å². The SMILES string of the molecule is CN(CCc1ccccc1Br)Cc1ccc(CN)cc1. The Morgan fingerprint density at radius 1 is 1.00 bits per heavy atom. The van der Waals surface area contributed by atoms with Gasteiger partial charge in [0.15, 0.2) is 0 Å². The number of likely N-dealkylation sites (N-methyl/N-ethyl adjacent to an activating group) is 1. The van der Waals surface area contributed by atoms with E-state index in [9.17, 15) is 0 Å². The number of rotatable bonds is 6. The van der Waals surface area contributed by atoms with Crippen molar-refractivity contribution >= 4 is 15.9 Å². The molecule has 0 atom stereocenters. The smallest absolute Gasteiger partial charge is 0.0230 e. The lowest BCUT2D eigenvalue weighted by Crippen LogP contribution is -2.20. The maximum atomic E-state index is 5.61. The second kappa shape index (κ2) is 7.58. The Kier molecular flexibility index (Phi) is 5.77. The first-order valence-electron chi connectivity index (χ1n) is 6.89. The summed E-state index contributed by atoms with van der Waals surface area (Å²) in [7, 11) is 2.16. The highest BCUT2D eigenvalue weighted by Gasteiger charge is 2.03. The van der Waals surface area contributed by atoms with Gasteiger partial charge in [0.25, 0.3) is 0 Å². The minimum Gasteiger partial charge on any atom is -0.326 e. The lowest BCUT2D eigenvalue weighted by Gasteiger charge is -2.17.